The lowest BCUT2D eigenvalue weighted by molar-refractivity contribution is 0.530. The molecule has 1 heterocycles. The monoisotopic (exact) mass is 492 g/mol. The molecule has 0 atom stereocenters. The summed E-state index contributed by atoms with van der Waals surface area (Å²) in [6.45, 7) is 0.702. The van der Waals surface area contributed by atoms with Crippen molar-refractivity contribution in [3.63, 3.8) is 0 Å². The number of nitrogens with one attached hydrogen (secondary N) is 1. The van der Waals surface area contributed by atoms with Gasteiger partial charge in [-0.25, -0.2) is 8.42 Å². The molecule has 0 aromatic heterocycles. The quantitative estimate of drug-likeness (QED) is 0.286. The fourth-order valence-corrected chi connectivity index (χ4v) is 5.06. The highest BCUT2D eigenvalue weighted by atomic mass is 127. The Morgan fingerprint density at radius 2 is 1.88 bits per heavy atom. The number of guanidine groups is 1. The highest BCUT2D eigenvalue weighted by Crippen LogP contribution is 2.29. The van der Waals surface area contributed by atoms with Gasteiger partial charge < -0.3 is 11.1 Å². The molecule has 1 aromatic carbocycles. The van der Waals surface area contributed by atoms with Crippen LogP contribution in [-0.4, -0.2) is 39.3 Å². The molecule has 3 rings (SSSR count). The summed E-state index contributed by atoms with van der Waals surface area (Å²) >= 11 is 0. The van der Waals surface area contributed by atoms with Crippen LogP contribution >= 0.6 is 24.0 Å². The van der Waals surface area contributed by atoms with Crippen LogP contribution in [0, 0.1) is 0 Å². The van der Waals surface area contributed by atoms with Crippen LogP contribution in [0.3, 0.4) is 0 Å². The van der Waals surface area contributed by atoms with Crippen molar-refractivity contribution in [2.75, 3.05) is 23.1 Å². The molecule has 6 nitrogen and oxygen atoms in total. The Morgan fingerprint density at radius 1 is 1.19 bits per heavy atom. The molecule has 0 saturated heterocycles. The largest absolute Gasteiger partial charge is 0.370 e. The third kappa shape index (κ3) is 5.48. The van der Waals surface area contributed by atoms with E-state index >= 15 is 0 Å². The number of halogens is 1. The normalized spacial score (nSPS) is 18.8. The van der Waals surface area contributed by atoms with E-state index in [1.165, 1.54) is 30.0 Å². The maximum absolute atomic E-state index is 12.6. The molecule has 2 aliphatic rings. The number of nitrogens with two attached hydrogens (primary N) is 1. The molecular formula is C18H29IN4O2S. The minimum atomic E-state index is -3.37. The van der Waals surface area contributed by atoms with Crippen molar-refractivity contribution < 1.29 is 8.42 Å². The third-order valence-electron chi connectivity index (χ3n) is 5.02. The Kier molecular flexibility index (Phi) is 8.00. The number of hydrogen-bond acceptors (Lipinski definition) is 3. The minimum absolute atomic E-state index is 0. The summed E-state index contributed by atoms with van der Waals surface area (Å²) in [6.07, 6.45) is 7.99. The molecule has 26 heavy (non-hydrogen) atoms. The van der Waals surface area contributed by atoms with Crippen LogP contribution < -0.4 is 15.4 Å². The summed E-state index contributed by atoms with van der Waals surface area (Å²) in [5, 5.41) is 3.25. The molecule has 1 saturated carbocycles. The maximum atomic E-state index is 12.6. The number of para-hydroxylation sites is 1. The molecule has 0 unspecified atom stereocenters. The molecule has 8 heteroatoms. The smallest absolute Gasteiger partial charge is 0.237 e. The van der Waals surface area contributed by atoms with Gasteiger partial charge in [-0.3, -0.25) is 9.30 Å². The lowest BCUT2D eigenvalue weighted by Gasteiger charge is -2.19. The number of aliphatic imine (C=N–C) groups is 1. The first kappa shape index (κ1) is 21.3. The third-order valence-corrected chi connectivity index (χ3v) is 6.77. The van der Waals surface area contributed by atoms with Crippen molar-refractivity contribution in [2.24, 2.45) is 10.7 Å². The molecule has 0 amide bonds. The van der Waals surface area contributed by atoms with Gasteiger partial charge in [-0.15, -0.1) is 24.0 Å². The zero-order chi connectivity index (χ0) is 17.7. The second kappa shape index (κ2) is 9.77. The Labute approximate surface area is 173 Å². The van der Waals surface area contributed by atoms with E-state index < -0.39 is 10.0 Å². The molecule has 0 bridgehead atoms. The molecule has 0 spiro atoms. The maximum Gasteiger partial charge on any atom is 0.237 e. The first-order valence-electron chi connectivity index (χ1n) is 9.21. The number of rotatable bonds is 5. The molecule has 146 valence electrons. The van der Waals surface area contributed by atoms with Gasteiger partial charge in [0.25, 0.3) is 0 Å². The van der Waals surface area contributed by atoms with Crippen LogP contribution in [-0.2, 0) is 16.4 Å². The summed E-state index contributed by atoms with van der Waals surface area (Å²) in [5.74, 6) is 0.345. The average molecular weight is 492 g/mol. The number of nitrogens with zero attached hydrogens (tertiary/aromatic N) is 2. The Hall–Kier alpha value is -1.03. The Balaban J connectivity index is 0.00000243. The molecular weight excluding hydrogens is 463 g/mol. The molecule has 1 aromatic rings. The average Bonchev–Trinajstić information content (AvgIpc) is 2.87. The number of hydrogen-bond donors (Lipinski definition) is 2. The molecule has 1 aliphatic carbocycles. The van der Waals surface area contributed by atoms with Crippen LogP contribution in [0.5, 0.6) is 0 Å². The van der Waals surface area contributed by atoms with Gasteiger partial charge >= 0.3 is 0 Å². The van der Waals surface area contributed by atoms with Gasteiger partial charge in [0.15, 0.2) is 5.96 Å². The first-order chi connectivity index (χ1) is 12.1. The van der Waals surface area contributed by atoms with Gasteiger partial charge in [0.05, 0.1) is 18.0 Å². The van der Waals surface area contributed by atoms with Crippen molar-refractivity contribution in [1.29, 1.82) is 0 Å². The van der Waals surface area contributed by atoms with Gasteiger partial charge in [0, 0.05) is 12.6 Å². The van der Waals surface area contributed by atoms with Crippen molar-refractivity contribution in [3.05, 3.63) is 29.8 Å². The van der Waals surface area contributed by atoms with Crippen LogP contribution in [0.2, 0.25) is 0 Å². The predicted octanol–water partition coefficient (Wildman–Crippen LogP) is 2.62. The Morgan fingerprint density at radius 3 is 2.62 bits per heavy atom. The lowest BCUT2D eigenvalue weighted by atomic mass is 10.1. The SMILES string of the molecule is I.NC(=NCCS(=O)(=O)N1CCc2ccccc21)NC1CCCCCC1. The summed E-state index contributed by atoms with van der Waals surface area (Å²) in [6, 6.07) is 8.04. The van der Waals surface area contributed by atoms with E-state index in [0.717, 1.165) is 30.5 Å². The number of benzene rings is 1. The lowest BCUT2D eigenvalue weighted by Crippen LogP contribution is -2.40. The van der Waals surface area contributed by atoms with Crippen LogP contribution in [0.1, 0.15) is 44.1 Å². The fraction of sp³-hybridized carbons (Fsp3) is 0.611. The Bertz CT molecular complexity index is 716. The topological polar surface area (TPSA) is 87.8 Å². The highest BCUT2D eigenvalue weighted by Gasteiger charge is 2.28. The number of anilines is 1. The number of fused-ring (bicyclic) bond motifs is 1. The van der Waals surface area contributed by atoms with E-state index in [0.29, 0.717) is 18.5 Å². The molecule has 1 fully saturated rings. The zero-order valence-corrected chi connectivity index (χ0v) is 18.2. The summed E-state index contributed by atoms with van der Waals surface area (Å²) < 4.78 is 26.7. The summed E-state index contributed by atoms with van der Waals surface area (Å²) in [7, 11) is -3.37. The molecule has 3 N–H and O–H groups in total. The molecule has 0 radical (unpaired) electrons. The number of sulfonamides is 1. The van der Waals surface area contributed by atoms with E-state index in [4.69, 9.17) is 5.73 Å². The van der Waals surface area contributed by atoms with Crippen molar-refractivity contribution in [1.82, 2.24) is 5.32 Å². The second-order valence-corrected chi connectivity index (χ2v) is 8.88. The minimum Gasteiger partial charge on any atom is -0.370 e. The summed E-state index contributed by atoms with van der Waals surface area (Å²) in [5.41, 5.74) is 7.83. The fourth-order valence-electron chi connectivity index (χ4n) is 3.67. The standard InChI is InChI=1S/C18H28N4O2S.HI/c19-18(21-16-8-3-1-2-4-9-16)20-12-14-25(23,24)22-13-11-15-7-5-6-10-17(15)22;/h5-7,10,16H,1-4,8-9,11-14H2,(H3,19,20,21);1H. The van der Waals surface area contributed by atoms with Crippen LogP contribution in [0.15, 0.2) is 29.3 Å². The van der Waals surface area contributed by atoms with Crippen molar-refractivity contribution in [3.8, 4) is 0 Å². The van der Waals surface area contributed by atoms with E-state index in [1.54, 1.807) is 0 Å². The first-order valence-corrected chi connectivity index (χ1v) is 10.8. The van der Waals surface area contributed by atoms with Crippen molar-refractivity contribution >= 4 is 45.6 Å². The van der Waals surface area contributed by atoms with E-state index in [-0.39, 0.29) is 36.3 Å². The van der Waals surface area contributed by atoms with Crippen molar-refractivity contribution in [2.45, 2.75) is 51.0 Å². The van der Waals surface area contributed by atoms with Gasteiger partial charge in [-0.1, -0.05) is 43.9 Å². The highest BCUT2D eigenvalue weighted by molar-refractivity contribution is 14.0. The second-order valence-electron chi connectivity index (χ2n) is 6.87. The predicted molar refractivity (Wildman–Crippen MR) is 118 cm³/mol. The van der Waals surface area contributed by atoms with Crippen LogP contribution in [0.4, 0.5) is 5.69 Å². The summed E-state index contributed by atoms with van der Waals surface area (Å²) in [4.78, 5) is 4.24. The van der Waals surface area contributed by atoms with E-state index in [2.05, 4.69) is 10.3 Å². The molecule has 1 aliphatic heterocycles. The van der Waals surface area contributed by atoms with E-state index in [1.807, 2.05) is 24.3 Å². The van der Waals surface area contributed by atoms with Gasteiger partial charge in [0.2, 0.25) is 10.0 Å². The van der Waals surface area contributed by atoms with Crippen LogP contribution in [0.25, 0.3) is 0 Å². The van der Waals surface area contributed by atoms with Gasteiger partial charge in [-0.05, 0) is 30.9 Å². The zero-order valence-electron chi connectivity index (χ0n) is 15.1. The van der Waals surface area contributed by atoms with Gasteiger partial charge in [0.1, 0.15) is 0 Å². The van der Waals surface area contributed by atoms with E-state index in [9.17, 15) is 8.42 Å². The van der Waals surface area contributed by atoms with Gasteiger partial charge in [-0.2, -0.15) is 0 Å².